The van der Waals surface area contributed by atoms with E-state index in [-0.39, 0.29) is 37.1 Å². The fourth-order valence-electron chi connectivity index (χ4n) is 5.67. The van der Waals surface area contributed by atoms with Gasteiger partial charge in [0.05, 0.1) is 48.2 Å². The number of hydrogen-bond donors (Lipinski definition) is 2. The summed E-state index contributed by atoms with van der Waals surface area (Å²) in [5.41, 5.74) is 10.1. The number of nitrogens with one attached hydrogen (secondary N) is 2. The lowest BCUT2D eigenvalue weighted by Crippen LogP contribution is -2.10. The number of halogens is 2. The van der Waals surface area contributed by atoms with Crippen molar-refractivity contribution < 1.29 is 18.3 Å². The van der Waals surface area contributed by atoms with E-state index in [4.69, 9.17) is 19.4 Å². The van der Waals surface area contributed by atoms with Crippen LogP contribution in [0.4, 0.5) is 8.78 Å². The number of nitrogens with zero attached hydrogens (tertiary/aromatic N) is 2. The Balaban J connectivity index is 1.31. The molecule has 0 amide bonds. The standard InChI is InChI=1S/C38H32F2N4O2/c1-23(45-21-25-5-3-7-27(39)13-25)35-17-33-16-31-10-9-29(41-31)15-30-11-12-32(42-30)19-37-36(18-34(44-37)20-38(35)43-33)24(2)46-22-26-6-4-8-28(40)14-26/h3-20,23-24,42-43H,21-22H2,1-2H3. The summed E-state index contributed by atoms with van der Waals surface area (Å²) >= 11 is 0. The van der Waals surface area contributed by atoms with E-state index in [0.717, 1.165) is 67.1 Å². The molecule has 8 heteroatoms. The van der Waals surface area contributed by atoms with E-state index in [9.17, 15) is 8.78 Å². The lowest BCUT2D eigenvalue weighted by Gasteiger charge is -2.14. The van der Waals surface area contributed by atoms with Crippen LogP contribution in [-0.2, 0) is 22.7 Å². The highest BCUT2D eigenvalue weighted by molar-refractivity contribution is 5.87. The summed E-state index contributed by atoms with van der Waals surface area (Å²) in [7, 11) is 0. The zero-order chi connectivity index (χ0) is 31.6. The van der Waals surface area contributed by atoms with Gasteiger partial charge < -0.3 is 19.4 Å². The van der Waals surface area contributed by atoms with Crippen LogP contribution in [0.5, 0.6) is 0 Å². The number of H-pyrrole nitrogens is 2. The molecule has 0 aliphatic carbocycles. The van der Waals surface area contributed by atoms with Crippen molar-refractivity contribution in [1.82, 2.24) is 19.9 Å². The summed E-state index contributed by atoms with van der Waals surface area (Å²) in [6, 6.07) is 26.9. The Hall–Kier alpha value is -5.18. The third kappa shape index (κ3) is 6.73. The zero-order valence-corrected chi connectivity index (χ0v) is 25.4. The lowest BCUT2D eigenvalue weighted by atomic mass is 10.1. The van der Waals surface area contributed by atoms with E-state index in [1.165, 1.54) is 24.3 Å². The molecular formula is C38H32F2N4O2. The van der Waals surface area contributed by atoms with Gasteiger partial charge in [-0.15, -0.1) is 0 Å². The number of rotatable bonds is 8. The van der Waals surface area contributed by atoms with Gasteiger partial charge >= 0.3 is 0 Å². The largest absolute Gasteiger partial charge is 0.369 e. The second kappa shape index (κ2) is 12.7. The molecule has 2 aliphatic heterocycles. The first-order valence-corrected chi connectivity index (χ1v) is 15.2. The normalized spacial score (nSPS) is 13.9. The molecule has 0 spiro atoms. The zero-order valence-electron chi connectivity index (χ0n) is 25.4. The minimum Gasteiger partial charge on any atom is -0.369 e. The highest BCUT2D eigenvalue weighted by atomic mass is 19.1. The van der Waals surface area contributed by atoms with Gasteiger partial charge in [0.2, 0.25) is 0 Å². The molecule has 7 rings (SSSR count). The summed E-state index contributed by atoms with van der Waals surface area (Å²) in [6.07, 6.45) is 5.36. The van der Waals surface area contributed by atoms with E-state index in [0.29, 0.717) is 0 Å². The third-order valence-electron chi connectivity index (χ3n) is 8.01. The van der Waals surface area contributed by atoms with Crippen LogP contribution in [-0.4, -0.2) is 26.0 Å². The third-order valence-corrected chi connectivity index (χ3v) is 8.01. The molecule has 46 heavy (non-hydrogen) atoms. The predicted molar refractivity (Wildman–Crippen MR) is 178 cm³/mol. The second-order valence-corrected chi connectivity index (χ2v) is 11.5. The molecule has 8 bridgehead atoms. The number of aromatic nitrogens is 4. The fourth-order valence-corrected chi connectivity index (χ4v) is 5.67. The predicted octanol–water partition coefficient (Wildman–Crippen LogP) is 9.19. The molecule has 3 aromatic heterocycles. The summed E-state index contributed by atoms with van der Waals surface area (Å²) in [4.78, 5) is 16.7. The number of ether oxygens (including phenoxy) is 2. The van der Waals surface area contributed by atoms with Gasteiger partial charge in [-0.05, 0) is 110 Å². The Morgan fingerprint density at radius 3 is 1.93 bits per heavy atom. The molecule has 0 fully saturated rings. The van der Waals surface area contributed by atoms with Gasteiger partial charge in [-0.2, -0.15) is 0 Å². The van der Waals surface area contributed by atoms with Gasteiger partial charge in [0.1, 0.15) is 11.6 Å². The minimum atomic E-state index is -0.320. The molecule has 2 atom stereocenters. The van der Waals surface area contributed by atoms with Gasteiger partial charge in [-0.25, -0.2) is 18.7 Å². The molecule has 0 saturated carbocycles. The molecule has 2 unspecified atom stereocenters. The molecule has 2 aliphatic rings. The smallest absolute Gasteiger partial charge is 0.123 e. The van der Waals surface area contributed by atoms with E-state index in [1.54, 1.807) is 12.1 Å². The molecule has 0 saturated heterocycles. The van der Waals surface area contributed by atoms with E-state index in [1.807, 2.05) is 80.6 Å². The number of benzene rings is 2. The van der Waals surface area contributed by atoms with Gasteiger partial charge in [-0.3, -0.25) is 0 Å². The Kier molecular flexibility index (Phi) is 8.13. The average molecular weight is 615 g/mol. The second-order valence-electron chi connectivity index (χ2n) is 11.5. The van der Waals surface area contributed by atoms with Crippen LogP contribution in [0.2, 0.25) is 0 Å². The first kappa shape index (κ1) is 29.5. The monoisotopic (exact) mass is 614 g/mol. The van der Waals surface area contributed by atoms with Crippen molar-refractivity contribution in [2.24, 2.45) is 0 Å². The SMILES string of the molecule is CC(OCc1cccc(F)c1)C1=Cc2cc3[nH]c(cc4nc(cc5ccc(cc1n2)[nH]5)C=C4)cc3C(C)OCc1cccc(F)c1. The van der Waals surface area contributed by atoms with Crippen molar-refractivity contribution in [3.8, 4) is 0 Å². The summed E-state index contributed by atoms with van der Waals surface area (Å²) in [6.45, 7) is 4.48. The highest BCUT2D eigenvalue weighted by Crippen LogP contribution is 2.30. The number of hydrogen-bond acceptors (Lipinski definition) is 4. The lowest BCUT2D eigenvalue weighted by molar-refractivity contribution is 0.0534. The summed E-state index contributed by atoms with van der Waals surface area (Å²) in [5.74, 6) is -0.585. The fraction of sp³-hybridized carbons (Fsp3) is 0.158. The van der Waals surface area contributed by atoms with Crippen LogP contribution >= 0.6 is 0 Å². The van der Waals surface area contributed by atoms with Crippen LogP contribution in [0.25, 0.3) is 45.9 Å². The quantitative estimate of drug-likeness (QED) is 0.179. The molecule has 0 radical (unpaired) electrons. The first-order chi connectivity index (χ1) is 22.3. The maximum Gasteiger partial charge on any atom is 0.123 e. The first-order valence-electron chi connectivity index (χ1n) is 15.2. The van der Waals surface area contributed by atoms with Crippen molar-refractivity contribution in [2.75, 3.05) is 0 Å². The van der Waals surface area contributed by atoms with Gasteiger partial charge in [0.15, 0.2) is 0 Å². The van der Waals surface area contributed by atoms with Crippen molar-refractivity contribution >= 4 is 45.9 Å². The Bertz CT molecular complexity index is 2150. The number of aromatic amines is 2. The van der Waals surface area contributed by atoms with Gasteiger partial charge in [0, 0.05) is 33.2 Å². The van der Waals surface area contributed by atoms with Crippen LogP contribution < -0.4 is 0 Å². The van der Waals surface area contributed by atoms with Crippen molar-refractivity contribution in [2.45, 2.75) is 39.3 Å². The van der Waals surface area contributed by atoms with Crippen molar-refractivity contribution in [3.63, 3.8) is 0 Å². The Morgan fingerprint density at radius 2 is 1.26 bits per heavy atom. The molecule has 2 N–H and O–H groups in total. The molecule has 6 nitrogen and oxygen atoms in total. The minimum absolute atomic E-state index is 0.263. The maximum absolute atomic E-state index is 13.8. The van der Waals surface area contributed by atoms with Gasteiger partial charge in [0.25, 0.3) is 0 Å². The number of fused-ring (bicyclic) bond motifs is 8. The molecule has 2 aromatic carbocycles. The maximum atomic E-state index is 13.8. The molecular weight excluding hydrogens is 582 g/mol. The topological polar surface area (TPSA) is 75.8 Å². The van der Waals surface area contributed by atoms with E-state index < -0.39 is 0 Å². The van der Waals surface area contributed by atoms with E-state index >= 15 is 0 Å². The molecule has 5 aromatic rings. The van der Waals surface area contributed by atoms with Crippen molar-refractivity contribution in [3.05, 3.63) is 142 Å². The average Bonchev–Trinajstić information content (AvgIpc) is 3.84. The van der Waals surface area contributed by atoms with Crippen LogP contribution in [0.1, 0.15) is 59.4 Å². The van der Waals surface area contributed by atoms with E-state index in [2.05, 4.69) is 16.0 Å². The molecule has 230 valence electrons. The van der Waals surface area contributed by atoms with Crippen LogP contribution in [0, 0.1) is 11.6 Å². The Morgan fingerprint density at radius 1 is 0.630 bits per heavy atom. The summed E-state index contributed by atoms with van der Waals surface area (Å²) < 4.78 is 40.0. The summed E-state index contributed by atoms with van der Waals surface area (Å²) in [5, 5.41) is 0. The van der Waals surface area contributed by atoms with Crippen LogP contribution in [0.3, 0.4) is 0 Å². The molecule has 5 heterocycles. The highest BCUT2D eigenvalue weighted by Gasteiger charge is 2.19. The Labute approximate surface area is 265 Å². The van der Waals surface area contributed by atoms with Gasteiger partial charge in [-0.1, -0.05) is 24.3 Å². The van der Waals surface area contributed by atoms with Crippen molar-refractivity contribution in [1.29, 1.82) is 0 Å². The van der Waals surface area contributed by atoms with Crippen LogP contribution in [0.15, 0.2) is 91.0 Å².